The number of urea groups is 1. The van der Waals surface area contributed by atoms with E-state index in [2.05, 4.69) is 15.6 Å². The lowest BCUT2D eigenvalue weighted by molar-refractivity contribution is -0.137. The Hall–Kier alpha value is -2.96. The van der Waals surface area contributed by atoms with Gasteiger partial charge in [0.25, 0.3) is 5.91 Å². The summed E-state index contributed by atoms with van der Waals surface area (Å²) in [6.45, 7) is 1.90. The van der Waals surface area contributed by atoms with Crippen molar-refractivity contribution in [1.29, 1.82) is 0 Å². The molecular formula is C20H22N4O3. The average Bonchev–Trinajstić information content (AvgIpc) is 3.24. The monoisotopic (exact) mass is 366 g/mol. The molecule has 1 aliphatic heterocycles. The smallest absolute Gasteiger partial charge is 0.325 e. The number of hydrogen-bond donors (Lipinski definition) is 2. The van der Waals surface area contributed by atoms with Crippen LogP contribution in [0.2, 0.25) is 0 Å². The van der Waals surface area contributed by atoms with Crippen molar-refractivity contribution in [3.63, 3.8) is 0 Å². The number of nitrogens with one attached hydrogen (secondary N) is 2. The molecule has 4 rings (SSSR count). The van der Waals surface area contributed by atoms with Crippen molar-refractivity contribution in [1.82, 2.24) is 20.5 Å². The van der Waals surface area contributed by atoms with Crippen molar-refractivity contribution in [3.8, 4) is 0 Å². The second-order valence-electron chi connectivity index (χ2n) is 7.28. The highest BCUT2D eigenvalue weighted by molar-refractivity contribution is 6.10. The number of benzene rings is 1. The maximum atomic E-state index is 12.8. The highest BCUT2D eigenvalue weighted by Crippen LogP contribution is 2.35. The van der Waals surface area contributed by atoms with Gasteiger partial charge in [0.1, 0.15) is 11.6 Å². The summed E-state index contributed by atoms with van der Waals surface area (Å²) in [6.07, 6.45) is 4.84. The maximum Gasteiger partial charge on any atom is 0.325 e. The van der Waals surface area contributed by atoms with Crippen molar-refractivity contribution in [3.05, 3.63) is 42.1 Å². The quantitative estimate of drug-likeness (QED) is 0.811. The van der Waals surface area contributed by atoms with Crippen LogP contribution in [0.5, 0.6) is 0 Å². The van der Waals surface area contributed by atoms with Crippen LogP contribution in [0.1, 0.15) is 38.2 Å². The molecule has 140 valence electrons. The molecule has 1 aromatic carbocycles. The van der Waals surface area contributed by atoms with Crippen LogP contribution in [0.3, 0.4) is 0 Å². The molecule has 1 saturated carbocycles. The van der Waals surface area contributed by atoms with Crippen molar-refractivity contribution in [2.45, 2.75) is 50.7 Å². The molecule has 0 bridgehead atoms. The molecule has 2 fully saturated rings. The molecule has 1 aliphatic carbocycles. The fourth-order valence-electron chi connectivity index (χ4n) is 4.08. The lowest BCUT2D eigenvalue weighted by Crippen LogP contribution is -2.49. The van der Waals surface area contributed by atoms with E-state index < -0.39 is 17.6 Å². The normalized spacial score (nSPS) is 19.5. The summed E-state index contributed by atoms with van der Waals surface area (Å²) in [4.78, 5) is 43.2. The van der Waals surface area contributed by atoms with Crippen LogP contribution in [-0.4, -0.2) is 39.3 Å². The zero-order chi connectivity index (χ0) is 19.0. The molecule has 2 aromatic rings. The number of pyridine rings is 1. The minimum Gasteiger partial charge on any atom is -0.350 e. The first-order valence-corrected chi connectivity index (χ1v) is 9.28. The second-order valence-corrected chi connectivity index (χ2v) is 7.28. The van der Waals surface area contributed by atoms with E-state index in [0.717, 1.165) is 34.2 Å². The molecule has 1 saturated heterocycles. The van der Waals surface area contributed by atoms with Crippen LogP contribution in [0.25, 0.3) is 10.9 Å². The number of amides is 4. The van der Waals surface area contributed by atoms with E-state index in [-0.39, 0.29) is 11.8 Å². The Labute approximate surface area is 157 Å². The van der Waals surface area contributed by atoms with Gasteiger partial charge in [-0.1, -0.05) is 31.0 Å². The summed E-state index contributed by atoms with van der Waals surface area (Å²) >= 11 is 0. The number of carbonyl (C=O) groups excluding carboxylic acids is 3. The standard InChI is InChI=1S/C20H22N4O3/c1-13(24-18(26)20(23-19(24)27)9-2-3-10-20)17(25)22-12-14-6-4-8-16-15(14)7-5-11-21-16/h4-8,11,13H,2-3,9-10,12H2,1H3,(H,22,25)(H,23,27). The van der Waals surface area contributed by atoms with E-state index in [1.807, 2.05) is 30.3 Å². The fourth-order valence-corrected chi connectivity index (χ4v) is 4.08. The molecule has 7 heteroatoms. The van der Waals surface area contributed by atoms with E-state index in [1.165, 1.54) is 0 Å². The Balaban J connectivity index is 1.47. The summed E-state index contributed by atoms with van der Waals surface area (Å²) in [5.74, 6) is -0.628. The van der Waals surface area contributed by atoms with E-state index in [9.17, 15) is 14.4 Å². The van der Waals surface area contributed by atoms with Gasteiger partial charge in [-0.25, -0.2) is 9.69 Å². The molecular weight excluding hydrogens is 344 g/mol. The Morgan fingerprint density at radius 1 is 1.26 bits per heavy atom. The number of aromatic nitrogens is 1. The number of nitrogens with zero attached hydrogens (tertiary/aromatic N) is 2. The van der Waals surface area contributed by atoms with Crippen LogP contribution < -0.4 is 10.6 Å². The van der Waals surface area contributed by atoms with Crippen LogP contribution in [0, 0.1) is 0 Å². The van der Waals surface area contributed by atoms with E-state index in [1.54, 1.807) is 13.1 Å². The van der Waals surface area contributed by atoms with Crippen LogP contribution in [-0.2, 0) is 16.1 Å². The Morgan fingerprint density at radius 2 is 2.04 bits per heavy atom. The third-order valence-corrected chi connectivity index (χ3v) is 5.61. The Kier molecular flexibility index (Phi) is 4.30. The third-order valence-electron chi connectivity index (χ3n) is 5.61. The molecule has 27 heavy (non-hydrogen) atoms. The molecule has 1 aromatic heterocycles. The predicted molar refractivity (Wildman–Crippen MR) is 99.6 cm³/mol. The van der Waals surface area contributed by atoms with Gasteiger partial charge in [0.2, 0.25) is 5.91 Å². The predicted octanol–water partition coefficient (Wildman–Crippen LogP) is 2.10. The maximum absolute atomic E-state index is 12.8. The summed E-state index contributed by atoms with van der Waals surface area (Å²) in [5.41, 5.74) is 0.993. The average molecular weight is 366 g/mol. The van der Waals surface area contributed by atoms with Crippen LogP contribution >= 0.6 is 0 Å². The Bertz CT molecular complexity index is 915. The zero-order valence-corrected chi connectivity index (χ0v) is 15.2. The molecule has 1 spiro atoms. The minimum atomic E-state index is -0.856. The number of imide groups is 1. The summed E-state index contributed by atoms with van der Waals surface area (Å²) in [6, 6.07) is 8.21. The van der Waals surface area contributed by atoms with Crippen LogP contribution in [0.15, 0.2) is 36.5 Å². The minimum absolute atomic E-state index is 0.276. The van der Waals surface area contributed by atoms with Gasteiger partial charge in [-0.05, 0) is 37.5 Å². The number of rotatable bonds is 4. The number of hydrogen-bond acceptors (Lipinski definition) is 4. The van der Waals surface area contributed by atoms with Crippen molar-refractivity contribution < 1.29 is 14.4 Å². The topological polar surface area (TPSA) is 91.4 Å². The highest BCUT2D eigenvalue weighted by Gasteiger charge is 2.54. The second kappa shape index (κ2) is 6.64. The van der Waals surface area contributed by atoms with Gasteiger partial charge in [-0.15, -0.1) is 0 Å². The molecule has 0 radical (unpaired) electrons. The summed E-state index contributed by atoms with van der Waals surface area (Å²) in [5, 5.41) is 6.62. The van der Waals surface area contributed by atoms with E-state index in [4.69, 9.17) is 0 Å². The van der Waals surface area contributed by atoms with Gasteiger partial charge in [-0.3, -0.25) is 14.6 Å². The number of carbonyl (C=O) groups is 3. The van der Waals surface area contributed by atoms with Crippen LogP contribution in [0.4, 0.5) is 4.79 Å². The Morgan fingerprint density at radius 3 is 2.81 bits per heavy atom. The first kappa shape index (κ1) is 17.5. The lowest BCUT2D eigenvalue weighted by atomic mass is 9.97. The molecule has 7 nitrogen and oxygen atoms in total. The molecule has 1 atom stereocenters. The molecule has 2 N–H and O–H groups in total. The van der Waals surface area contributed by atoms with E-state index in [0.29, 0.717) is 19.4 Å². The van der Waals surface area contributed by atoms with Gasteiger partial charge in [0.15, 0.2) is 0 Å². The van der Waals surface area contributed by atoms with E-state index >= 15 is 0 Å². The number of fused-ring (bicyclic) bond motifs is 1. The van der Waals surface area contributed by atoms with Gasteiger partial charge in [0.05, 0.1) is 5.52 Å². The first-order valence-electron chi connectivity index (χ1n) is 9.28. The molecule has 1 unspecified atom stereocenters. The lowest BCUT2D eigenvalue weighted by Gasteiger charge is -2.23. The van der Waals surface area contributed by atoms with Crippen molar-refractivity contribution in [2.75, 3.05) is 0 Å². The zero-order valence-electron chi connectivity index (χ0n) is 15.2. The molecule has 4 amide bonds. The van der Waals surface area contributed by atoms with Gasteiger partial charge in [-0.2, -0.15) is 0 Å². The largest absolute Gasteiger partial charge is 0.350 e. The third kappa shape index (κ3) is 2.93. The first-order chi connectivity index (χ1) is 13.0. The van der Waals surface area contributed by atoms with Crippen molar-refractivity contribution in [2.24, 2.45) is 0 Å². The molecule has 2 aliphatic rings. The summed E-state index contributed by atoms with van der Waals surface area (Å²) in [7, 11) is 0. The molecule has 2 heterocycles. The van der Waals surface area contributed by atoms with Crippen molar-refractivity contribution >= 4 is 28.7 Å². The fraction of sp³-hybridized carbons (Fsp3) is 0.400. The highest BCUT2D eigenvalue weighted by atomic mass is 16.2. The van der Waals surface area contributed by atoms with Gasteiger partial charge >= 0.3 is 6.03 Å². The SMILES string of the molecule is CC(C(=O)NCc1cccc2ncccc12)N1C(=O)NC2(CCCC2)C1=O. The van der Waals surface area contributed by atoms with Gasteiger partial charge in [0, 0.05) is 18.1 Å². The van der Waals surface area contributed by atoms with Gasteiger partial charge < -0.3 is 10.6 Å². The summed E-state index contributed by atoms with van der Waals surface area (Å²) < 4.78 is 0.